The average Bonchev–Trinajstić information content (AvgIpc) is 2.91. The molecule has 0 unspecified atom stereocenters. The van der Waals surface area contributed by atoms with Gasteiger partial charge in [0.15, 0.2) is 18.2 Å². The highest BCUT2D eigenvalue weighted by Crippen LogP contribution is 2.32. The van der Waals surface area contributed by atoms with Crippen molar-refractivity contribution in [2.75, 3.05) is 17.2 Å². The van der Waals surface area contributed by atoms with Crippen molar-refractivity contribution in [3.8, 4) is 5.75 Å². The van der Waals surface area contributed by atoms with Crippen LogP contribution in [0.3, 0.4) is 0 Å². The normalized spacial score (nSPS) is 11.8. The van der Waals surface area contributed by atoms with E-state index in [2.05, 4.69) is 10.6 Å². The van der Waals surface area contributed by atoms with Gasteiger partial charge in [-0.15, -0.1) is 0 Å². The maximum Gasteiger partial charge on any atom is 0.262 e. The van der Waals surface area contributed by atoms with Crippen LogP contribution < -0.4 is 15.4 Å². The second kappa shape index (κ2) is 9.68. The van der Waals surface area contributed by atoms with Crippen LogP contribution in [0.2, 0.25) is 0 Å². The molecular weight excluding hydrogens is 456 g/mol. The number of anilines is 2. The highest BCUT2D eigenvalue weighted by atomic mass is 16.5. The van der Waals surface area contributed by atoms with Gasteiger partial charge >= 0.3 is 0 Å². The number of benzene rings is 4. The summed E-state index contributed by atoms with van der Waals surface area (Å²) in [5.41, 5.74) is 2.35. The molecule has 0 aliphatic heterocycles. The van der Waals surface area contributed by atoms with Crippen molar-refractivity contribution in [1.29, 1.82) is 0 Å². The van der Waals surface area contributed by atoms with Crippen molar-refractivity contribution < 1.29 is 23.9 Å². The zero-order valence-electron chi connectivity index (χ0n) is 19.0. The van der Waals surface area contributed by atoms with Gasteiger partial charge in [0.25, 0.3) is 11.8 Å². The highest BCUT2D eigenvalue weighted by molar-refractivity contribution is 6.30. The molecule has 7 heteroatoms. The Hall–Kier alpha value is -5.04. The van der Waals surface area contributed by atoms with Crippen LogP contribution in [0, 0.1) is 0 Å². The van der Waals surface area contributed by atoms with E-state index >= 15 is 0 Å². The van der Waals surface area contributed by atoms with Crippen molar-refractivity contribution in [3.63, 3.8) is 0 Å². The quantitative estimate of drug-likeness (QED) is 0.369. The van der Waals surface area contributed by atoms with E-state index in [1.165, 1.54) is 0 Å². The van der Waals surface area contributed by atoms with Gasteiger partial charge in [-0.25, -0.2) is 0 Å². The Balaban J connectivity index is 1.26. The van der Waals surface area contributed by atoms with Gasteiger partial charge in [-0.2, -0.15) is 0 Å². The third kappa shape index (κ3) is 4.50. The Morgan fingerprint density at radius 3 is 2.11 bits per heavy atom. The molecule has 36 heavy (non-hydrogen) atoms. The summed E-state index contributed by atoms with van der Waals surface area (Å²) in [6.45, 7) is -0.335. The zero-order valence-corrected chi connectivity index (χ0v) is 19.0. The van der Waals surface area contributed by atoms with Gasteiger partial charge in [-0.05, 0) is 30.3 Å². The van der Waals surface area contributed by atoms with Crippen molar-refractivity contribution in [3.05, 3.63) is 125 Å². The Labute approximate surface area is 206 Å². The van der Waals surface area contributed by atoms with Gasteiger partial charge in [0, 0.05) is 34.0 Å². The number of carbonyl (C=O) groups excluding carboxylic acids is 4. The molecule has 0 fully saturated rings. The number of rotatable bonds is 6. The molecule has 2 amide bonds. The topological polar surface area (TPSA) is 102 Å². The van der Waals surface area contributed by atoms with Gasteiger partial charge in [-0.1, -0.05) is 60.7 Å². The summed E-state index contributed by atoms with van der Waals surface area (Å²) < 4.78 is 5.60. The molecule has 0 heterocycles. The fourth-order valence-electron chi connectivity index (χ4n) is 4.04. The summed E-state index contributed by atoms with van der Waals surface area (Å²) >= 11 is 0. The van der Waals surface area contributed by atoms with Gasteiger partial charge in [-0.3, -0.25) is 19.2 Å². The van der Waals surface area contributed by atoms with Gasteiger partial charge in [0.1, 0.15) is 5.75 Å². The molecule has 0 aromatic heterocycles. The first-order valence-corrected chi connectivity index (χ1v) is 11.2. The largest absolute Gasteiger partial charge is 0.484 e. The third-order valence-corrected chi connectivity index (χ3v) is 5.72. The number of carbonyl (C=O) groups is 4. The van der Waals surface area contributed by atoms with Crippen LogP contribution in [0.4, 0.5) is 11.4 Å². The van der Waals surface area contributed by atoms with Crippen molar-refractivity contribution in [1.82, 2.24) is 0 Å². The fraction of sp³-hybridized carbons (Fsp3) is 0.0345. The summed E-state index contributed by atoms with van der Waals surface area (Å²) in [6.07, 6.45) is 0. The molecule has 1 aliphatic rings. The Morgan fingerprint density at radius 1 is 0.667 bits per heavy atom. The molecule has 7 nitrogen and oxygen atoms in total. The first-order valence-electron chi connectivity index (χ1n) is 11.2. The SMILES string of the molecule is O=C(COc1cccc(NC(=O)c2ccccc2)c1)Nc1cccc2c1C(=O)c1ccccc1C2=O. The molecule has 2 N–H and O–H groups in total. The first kappa shape index (κ1) is 22.7. The number of ketones is 2. The molecule has 0 atom stereocenters. The van der Waals surface area contributed by atoms with Crippen LogP contribution in [-0.4, -0.2) is 30.0 Å². The molecule has 4 aromatic rings. The number of amides is 2. The lowest BCUT2D eigenvalue weighted by atomic mass is 9.83. The zero-order chi connectivity index (χ0) is 25.1. The van der Waals surface area contributed by atoms with E-state index in [1.807, 2.05) is 6.07 Å². The van der Waals surface area contributed by atoms with E-state index in [1.54, 1.807) is 91.0 Å². The minimum absolute atomic E-state index is 0.167. The lowest BCUT2D eigenvalue weighted by Gasteiger charge is -2.20. The monoisotopic (exact) mass is 476 g/mol. The molecule has 0 radical (unpaired) electrons. The second-order valence-corrected chi connectivity index (χ2v) is 8.12. The molecule has 176 valence electrons. The predicted octanol–water partition coefficient (Wildman–Crippen LogP) is 4.73. The van der Waals surface area contributed by atoms with Crippen LogP contribution >= 0.6 is 0 Å². The molecule has 5 rings (SSSR count). The van der Waals surface area contributed by atoms with Crippen molar-refractivity contribution >= 4 is 34.8 Å². The number of hydrogen-bond donors (Lipinski definition) is 2. The summed E-state index contributed by atoms with van der Waals surface area (Å²) in [5.74, 6) is -0.964. The van der Waals surface area contributed by atoms with Crippen LogP contribution in [0.25, 0.3) is 0 Å². The number of hydrogen-bond acceptors (Lipinski definition) is 5. The van der Waals surface area contributed by atoms with Crippen molar-refractivity contribution in [2.24, 2.45) is 0 Å². The predicted molar refractivity (Wildman–Crippen MR) is 135 cm³/mol. The molecule has 1 aliphatic carbocycles. The lowest BCUT2D eigenvalue weighted by Crippen LogP contribution is -2.25. The standard InChI is InChI=1S/C29H20N2O5/c32-25(17-36-20-11-6-10-19(16-20)30-29(35)18-8-2-1-3-9-18)31-24-15-7-14-23-26(24)28(34)22-13-5-4-12-21(22)27(23)33/h1-16H,17H2,(H,30,35)(H,31,32). The minimum atomic E-state index is -0.499. The summed E-state index contributed by atoms with van der Waals surface area (Å²) in [4.78, 5) is 51.0. The average molecular weight is 476 g/mol. The Bertz CT molecular complexity index is 1510. The summed E-state index contributed by atoms with van der Waals surface area (Å²) in [5, 5.41) is 5.47. The molecule has 4 aromatic carbocycles. The van der Waals surface area contributed by atoms with E-state index in [0.717, 1.165) is 0 Å². The van der Waals surface area contributed by atoms with E-state index in [4.69, 9.17) is 4.74 Å². The van der Waals surface area contributed by atoms with E-state index in [0.29, 0.717) is 28.1 Å². The van der Waals surface area contributed by atoms with Gasteiger partial charge in [0.2, 0.25) is 0 Å². The lowest BCUT2D eigenvalue weighted by molar-refractivity contribution is -0.118. The summed E-state index contributed by atoms with van der Waals surface area (Å²) in [6, 6.07) is 26.9. The van der Waals surface area contributed by atoms with Crippen molar-refractivity contribution in [2.45, 2.75) is 0 Å². The molecule has 0 bridgehead atoms. The van der Waals surface area contributed by atoms with E-state index in [9.17, 15) is 19.2 Å². The van der Waals surface area contributed by atoms with Crippen LogP contribution in [0.15, 0.2) is 97.1 Å². The minimum Gasteiger partial charge on any atom is -0.484 e. The Kier molecular flexibility index (Phi) is 6.11. The third-order valence-electron chi connectivity index (χ3n) is 5.72. The first-order chi connectivity index (χ1) is 17.5. The van der Waals surface area contributed by atoms with Gasteiger partial charge < -0.3 is 15.4 Å². The van der Waals surface area contributed by atoms with E-state index < -0.39 is 5.91 Å². The Morgan fingerprint density at radius 2 is 1.33 bits per heavy atom. The number of fused-ring (bicyclic) bond motifs is 2. The molecule has 0 saturated carbocycles. The van der Waals surface area contributed by atoms with E-state index in [-0.39, 0.29) is 40.9 Å². The number of ether oxygens (including phenoxy) is 1. The highest BCUT2D eigenvalue weighted by Gasteiger charge is 2.31. The van der Waals surface area contributed by atoms with Crippen LogP contribution in [0.5, 0.6) is 5.75 Å². The molecule has 0 saturated heterocycles. The fourth-order valence-corrected chi connectivity index (χ4v) is 4.04. The molecular formula is C29H20N2O5. The van der Waals surface area contributed by atoms with Crippen LogP contribution in [-0.2, 0) is 4.79 Å². The second-order valence-electron chi connectivity index (χ2n) is 8.12. The maximum atomic E-state index is 13.1. The van der Waals surface area contributed by atoms with Crippen LogP contribution in [0.1, 0.15) is 42.2 Å². The maximum absolute atomic E-state index is 13.1. The summed E-state index contributed by atoms with van der Waals surface area (Å²) in [7, 11) is 0. The molecule has 0 spiro atoms. The smallest absolute Gasteiger partial charge is 0.262 e. The van der Waals surface area contributed by atoms with Gasteiger partial charge in [0.05, 0.1) is 11.3 Å². The number of nitrogens with one attached hydrogen (secondary N) is 2.